The van der Waals surface area contributed by atoms with Gasteiger partial charge in [-0.15, -0.1) is 10.2 Å². The number of hydrogen-bond donors (Lipinski definition) is 0. The van der Waals surface area contributed by atoms with Crippen molar-refractivity contribution < 1.29 is 4.74 Å². The van der Waals surface area contributed by atoms with Crippen molar-refractivity contribution in [1.29, 1.82) is 0 Å². The summed E-state index contributed by atoms with van der Waals surface area (Å²) in [4.78, 5) is 0. The van der Waals surface area contributed by atoms with E-state index in [1.807, 2.05) is 12.4 Å². The molecule has 0 bridgehead atoms. The molecular formula is C13H15N3O. The highest BCUT2D eigenvalue weighted by molar-refractivity contribution is 5.31. The van der Waals surface area contributed by atoms with Crippen molar-refractivity contribution in [3.8, 4) is 5.75 Å². The molecule has 0 saturated heterocycles. The van der Waals surface area contributed by atoms with Crippen LogP contribution in [-0.2, 0) is 13.0 Å². The van der Waals surface area contributed by atoms with E-state index < -0.39 is 0 Å². The summed E-state index contributed by atoms with van der Waals surface area (Å²) < 4.78 is 7.42. The molecule has 1 aromatic heterocycles. The highest BCUT2D eigenvalue weighted by atomic mass is 16.5. The normalized spacial score (nSPS) is 18.8. The van der Waals surface area contributed by atoms with Crippen LogP contribution in [0.4, 0.5) is 0 Å². The maximum atomic E-state index is 5.27. The number of benzene rings is 1. The van der Waals surface area contributed by atoms with Gasteiger partial charge < -0.3 is 9.30 Å². The maximum absolute atomic E-state index is 5.27. The van der Waals surface area contributed by atoms with Crippen LogP contribution < -0.4 is 4.74 Å². The summed E-state index contributed by atoms with van der Waals surface area (Å²) in [5.74, 6) is 2.56. The average Bonchev–Trinajstić information content (AvgIpc) is 2.86. The van der Waals surface area contributed by atoms with Crippen LogP contribution in [0.3, 0.4) is 0 Å². The van der Waals surface area contributed by atoms with E-state index in [2.05, 4.69) is 33.0 Å². The van der Waals surface area contributed by atoms with Crippen LogP contribution in [0.1, 0.15) is 23.7 Å². The molecule has 4 heteroatoms. The molecule has 0 amide bonds. The molecule has 1 aromatic carbocycles. The summed E-state index contributed by atoms with van der Waals surface area (Å²) in [6.45, 7) is 0.968. The molecule has 1 unspecified atom stereocenters. The van der Waals surface area contributed by atoms with Crippen LogP contribution in [0.15, 0.2) is 30.6 Å². The number of hydrogen-bond acceptors (Lipinski definition) is 3. The summed E-state index contributed by atoms with van der Waals surface area (Å²) in [6, 6.07) is 8.33. The van der Waals surface area contributed by atoms with Crippen LogP contribution >= 0.6 is 0 Å². The zero-order valence-corrected chi connectivity index (χ0v) is 9.84. The van der Waals surface area contributed by atoms with Gasteiger partial charge >= 0.3 is 0 Å². The Labute approximate surface area is 100 Å². The van der Waals surface area contributed by atoms with Gasteiger partial charge in [-0.1, -0.05) is 12.1 Å². The Morgan fingerprint density at radius 3 is 3.24 bits per heavy atom. The van der Waals surface area contributed by atoms with Gasteiger partial charge in [-0.05, 0) is 24.1 Å². The van der Waals surface area contributed by atoms with Crippen LogP contribution in [0.5, 0.6) is 5.75 Å². The van der Waals surface area contributed by atoms with Gasteiger partial charge in [0.2, 0.25) is 0 Å². The number of rotatable bonds is 2. The molecule has 2 aromatic rings. The first kappa shape index (κ1) is 10.3. The van der Waals surface area contributed by atoms with Crippen LogP contribution in [-0.4, -0.2) is 21.9 Å². The first-order chi connectivity index (χ1) is 8.36. The molecule has 1 atom stereocenters. The number of fused-ring (bicyclic) bond motifs is 1. The van der Waals surface area contributed by atoms with Gasteiger partial charge in [-0.25, -0.2) is 0 Å². The lowest BCUT2D eigenvalue weighted by atomic mass is 9.91. The molecule has 0 radical (unpaired) electrons. The van der Waals surface area contributed by atoms with E-state index in [0.717, 1.165) is 31.0 Å². The molecule has 1 aliphatic heterocycles. The largest absolute Gasteiger partial charge is 0.497 e. The Morgan fingerprint density at radius 1 is 1.41 bits per heavy atom. The number of nitrogens with zero attached hydrogens (tertiary/aromatic N) is 3. The number of ether oxygens (including phenoxy) is 1. The lowest BCUT2D eigenvalue weighted by molar-refractivity contribution is 0.410. The van der Waals surface area contributed by atoms with E-state index in [0.29, 0.717) is 5.92 Å². The molecule has 4 nitrogen and oxygen atoms in total. The number of aryl methyl sites for hydroxylation is 1. The standard InChI is InChI=1S/C13H15N3O/c1-17-12-4-2-3-10(7-12)11-5-6-13-15-14-9-16(13)8-11/h2-4,7,9,11H,5-6,8H2,1H3. The van der Waals surface area contributed by atoms with Gasteiger partial charge in [0.1, 0.15) is 17.9 Å². The topological polar surface area (TPSA) is 39.9 Å². The van der Waals surface area contributed by atoms with Gasteiger partial charge in [-0.3, -0.25) is 0 Å². The van der Waals surface area contributed by atoms with E-state index in [1.165, 1.54) is 5.56 Å². The first-order valence-electron chi connectivity index (χ1n) is 5.87. The zero-order valence-electron chi connectivity index (χ0n) is 9.84. The molecule has 0 N–H and O–H groups in total. The third-order valence-electron chi connectivity index (χ3n) is 3.39. The quantitative estimate of drug-likeness (QED) is 0.791. The minimum Gasteiger partial charge on any atom is -0.497 e. The van der Waals surface area contributed by atoms with Crippen molar-refractivity contribution in [2.24, 2.45) is 0 Å². The molecular weight excluding hydrogens is 214 g/mol. The first-order valence-corrected chi connectivity index (χ1v) is 5.87. The molecule has 88 valence electrons. The fourth-order valence-electron chi connectivity index (χ4n) is 2.42. The fraction of sp³-hybridized carbons (Fsp3) is 0.385. The molecule has 0 saturated carbocycles. The van der Waals surface area contributed by atoms with Crippen molar-refractivity contribution in [3.63, 3.8) is 0 Å². The molecule has 1 aliphatic rings. The summed E-state index contributed by atoms with van der Waals surface area (Å²) in [5, 5.41) is 8.06. The minimum atomic E-state index is 0.536. The zero-order chi connectivity index (χ0) is 11.7. The maximum Gasteiger partial charge on any atom is 0.132 e. The van der Waals surface area contributed by atoms with Gasteiger partial charge in [0.25, 0.3) is 0 Å². The minimum absolute atomic E-state index is 0.536. The lowest BCUT2D eigenvalue weighted by Gasteiger charge is -2.23. The predicted octanol–water partition coefficient (Wildman–Crippen LogP) is 2.02. The van der Waals surface area contributed by atoms with E-state index in [4.69, 9.17) is 4.74 Å². The van der Waals surface area contributed by atoms with Crippen molar-refractivity contribution in [1.82, 2.24) is 14.8 Å². The highest BCUT2D eigenvalue weighted by Gasteiger charge is 2.20. The Balaban J connectivity index is 1.86. The lowest BCUT2D eigenvalue weighted by Crippen LogP contribution is -2.18. The summed E-state index contributed by atoms with van der Waals surface area (Å²) >= 11 is 0. The average molecular weight is 229 g/mol. The van der Waals surface area contributed by atoms with Crippen LogP contribution in [0, 0.1) is 0 Å². The Bertz CT molecular complexity index is 521. The third kappa shape index (κ3) is 1.90. The fourth-order valence-corrected chi connectivity index (χ4v) is 2.42. The van der Waals surface area contributed by atoms with E-state index in [-0.39, 0.29) is 0 Å². The Kier molecular flexibility index (Phi) is 2.55. The number of methoxy groups -OCH3 is 1. The van der Waals surface area contributed by atoms with Crippen molar-refractivity contribution in [3.05, 3.63) is 42.0 Å². The molecule has 0 aliphatic carbocycles. The summed E-state index contributed by atoms with van der Waals surface area (Å²) in [6.07, 6.45) is 3.95. The SMILES string of the molecule is COc1cccc(C2CCc3nncn3C2)c1. The van der Waals surface area contributed by atoms with Crippen molar-refractivity contribution in [2.75, 3.05) is 7.11 Å². The third-order valence-corrected chi connectivity index (χ3v) is 3.39. The number of aromatic nitrogens is 3. The molecule has 0 spiro atoms. The molecule has 0 fully saturated rings. The monoisotopic (exact) mass is 229 g/mol. The van der Waals surface area contributed by atoms with Gasteiger partial charge in [0.05, 0.1) is 7.11 Å². The van der Waals surface area contributed by atoms with E-state index in [1.54, 1.807) is 7.11 Å². The predicted molar refractivity (Wildman–Crippen MR) is 64.1 cm³/mol. The molecule has 3 rings (SSSR count). The Morgan fingerprint density at radius 2 is 2.35 bits per heavy atom. The van der Waals surface area contributed by atoms with E-state index >= 15 is 0 Å². The van der Waals surface area contributed by atoms with Gasteiger partial charge in [-0.2, -0.15) is 0 Å². The highest BCUT2D eigenvalue weighted by Crippen LogP contribution is 2.29. The van der Waals surface area contributed by atoms with Crippen molar-refractivity contribution >= 4 is 0 Å². The smallest absolute Gasteiger partial charge is 0.132 e. The van der Waals surface area contributed by atoms with E-state index in [9.17, 15) is 0 Å². The second-order valence-corrected chi connectivity index (χ2v) is 4.41. The molecule has 2 heterocycles. The van der Waals surface area contributed by atoms with Crippen LogP contribution in [0.2, 0.25) is 0 Å². The summed E-state index contributed by atoms with van der Waals surface area (Å²) in [7, 11) is 1.71. The molecule has 17 heavy (non-hydrogen) atoms. The van der Waals surface area contributed by atoms with Gasteiger partial charge in [0.15, 0.2) is 0 Å². The van der Waals surface area contributed by atoms with Gasteiger partial charge in [0, 0.05) is 18.9 Å². The second-order valence-electron chi connectivity index (χ2n) is 4.41. The second kappa shape index (κ2) is 4.20. The van der Waals surface area contributed by atoms with Crippen LogP contribution in [0.25, 0.3) is 0 Å². The van der Waals surface area contributed by atoms with Crippen molar-refractivity contribution in [2.45, 2.75) is 25.3 Å². The summed E-state index contributed by atoms with van der Waals surface area (Å²) in [5.41, 5.74) is 1.34. The Hall–Kier alpha value is -1.84.